The first-order valence-corrected chi connectivity index (χ1v) is 13.0. The van der Waals surface area contributed by atoms with Crippen molar-refractivity contribution >= 4 is 29.0 Å². The summed E-state index contributed by atoms with van der Waals surface area (Å²) < 4.78 is 0. The summed E-state index contributed by atoms with van der Waals surface area (Å²) in [5, 5.41) is 2.76. The Morgan fingerprint density at radius 2 is 1.75 bits per heavy atom. The van der Waals surface area contributed by atoms with Gasteiger partial charge in [-0.05, 0) is 31.7 Å². The van der Waals surface area contributed by atoms with E-state index < -0.39 is 23.4 Å². The van der Waals surface area contributed by atoms with Crippen LogP contribution in [0.5, 0.6) is 0 Å². The van der Waals surface area contributed by atoms with E-state index >= 15 is 0 Å². The maximum Gasteiger partial charge on any atom is 0.277 e. The van der Waals surface area contributed by atoms with E-state index in [-0.39, 0.29) is 5.91 Å². The molecule has 1 aliphatic carbocycles. The number of amides is 2. The van der Waals surface area contributed by atoms with Crippen LogP contribution in [0.2, 0.25) is 0 Å². The van der Waals surface area contributed by atoms with Gasteiger partial charge in [0.25, 0.3) is 5.91 Å². The lowest BCUT2D eigenvalue weighted by Gasteiger charge is -2.29. The Morgan fingerprint density at radius 1 is 1.08 bits per heavy atom. The molecule has 0 spiro atoms. The Kier molecular flexibility index (Phi) is 7.99. The number of likely N-dealkylation sites (N-methyl/N-ethyl adjacent to an activating group) is 1. The number of benzene rings is 2. The highest BCUT2D eigenvalue weighted by Gasteiger charge is 2.48. The van der Waals surface area contributed by atoms with E-state index in [0.717, 1.165) is 18.4 Å². The molecule has 1 saturated carbocycles. The first-order valence-electron chi connectivity index (χ1n) is 13.0. The number of Topliss-reactive ketones (excluding diaryl/α,β-unsaturated/α-hetero) is 1. The van der Waals surface area contributed by atoms with E-state index in [1.165, 1.54) is 37.0 Å². The molecular formula is C29H36N4O3. The monoisotopic (exact) mass is 488 g/mol. The second kappa shape index (κ2) is 11.2. The average molecular weight is 489 g/mol. The standard InChI is InChI=1S/C29H36N4O3/c1-20(31-25(34)19-11-14-21-12-5-3-6-13-21)27(35)29(30)28(36)33(2)24-18-10-9-17-23(24)26(32-29)22-15-7-4-8-16-22/h4,7-10,15-18,20-21H,3,5-6,11-14,19,30H2,1-2H3,(H,31,34)/t20-,29?/m0/s1. The summed E-state index contributed by atoms with van der Waals surface area (Å²) in [7, 11) is 1.59. The number of nitrogens with zero attached hydrogens (tertiary/aromatic N) is 2. The van der Waals surface area contributed by atoms with Crippen molar-refractivity contribution in [3.63, 3.8) is 0 Å². The number of nitrogens with one attached hydrogen (secondary N) is 1. The van der Waals surface area contributed by atoms with Crippen LogP contribution < -0.4 is 16.0 Å². The maximum atomic E-state index is 13.6. The van der Waals surface area contributed by atoms with Crippen LogP contribution in [0.3, 0.4) is 0 Å². The normalized spacial score (nSPS) is 21.2. The van der Waals surface area contributed by atoms with Crippen molar-refractivity contribution in [1.82, 2.24) is 5.32 Å². The van der Waals surface area contributed by atoms with Crippen molar-refractivity contribution in [2.45, 2.75) is 70.0 Å². The fraction of sp³-hybridized carbons (Fsp3) is 0.448. The maximum absolute atomic E-state index is 13.6. The summed E-state index contributed by atoms with van der Waals surface area (Å²) in [5.74, 6) is -0.782. The Labute approximate surface area is 213 Å². The van der Waals surface area contributed by atoms with E-state index in [4.69, 9.17) is 5.73 Å². The molecule has 1 fully saturated rings. The molecule has 1 unspecified atom stereocenters. The molecule has 2 aliphatic rings. The van der Waals surface area contributed by atoms with E-state index in [1.807, 2.05) is 48.5 Å². The number of nitrogens with two attached hydrogens (primary N) is 1. The minimum absolute atomic E-state index is 0.208. The fourth-order valence-electron chi connectivity index (χ4n) is 5.33. The third-order valence-corrected chi connectivity index (χ3v) is 7.37. The minimum Gasteiger partial charge on any atom is -0.346 e. The highest BCUT2D eigenvalue weighted by atomic mass is 16.2. The van der Waals surface area contributed by atoms with Crippen LogP contribution in [-0.4, -0.2) is 42.1 Å². The van der Waals surface area contributed by atoms with Gasteiger partial charge in [0.05, 0.1) is 17.4 Å². The van der Waals surface area contributed by atoms with Gasteiger partial charge in [-0.25, -0.2) is 4.99 Å². The Bertz CT molecular complexity index is 1140. The van der Waals surface area contributed by atoms with Crippen LogP contribution in [0, 0.1) is 5.92 Å². The van der Waals surface area contributed by atoms with Crippen LogP contribution in [0.25, 0.3) is 0 Å². The van der Waals surface area contributed by atoms with Gasteiger partial charge in [0, 0.05) is 24.6 Å². The van der Waals surface area contributed by atoms with Crippen molar-refractivity contribution in [2.24, 2.45) is 16.6 Å². The van der Waals surface area contributed by atoms with Crippen molar-refractivity contribution in [1.29, 1.82) is 0 Å². The molecule has 1 heterocycles. The zero-order chi connectivity index (χ0) is 25.7. The third kappa shape index (κ3) is 5.41. The van der Waals surface area contributed by atoms with Crippen molar-refractivity contribution in [3.05, 3.63) is 65.7 Å². The second-order valence-corrected chi connectivity index (χ2v) is 10.0. The number of hydrogen-bond donors (Lipinski definition) is 2. The number of fused-ring (bicyclic) bond motifs is 1. The zero-order valence-corrected chi connectivity index (χ0v) is 21.2. The molecule has 2 atom stereocenters. The summed E-state index contributed by atoms with van der Waals surface area (Å²) in [5.41, 5.74) is 6.90. The lowest BCUT2D eigenvalue weighted by atomic mass is 9.86. The van der Waals surface area contributed by atoms with E-state index in [1.54, 1.807) is 20.0 Å². The molecule has 1 aliphatic heterocycles. The van der Waals surface area contributed by atoms with Gasteiger partial charge in [-0.15, -0.1) is 0 Å². The van der Waals surface area contributed by atoms with Gasteiger partial charge in [-0.1, -0.05) is 80.6 Å². The lowest BCUT2D eigenvalue weighted by Crippen LogP contribution is -2.63. The van der Waals surface area contributed by atoms with Crippen molar-refractivity contribution in [3.8, 4) is 0 Å². The number of ketones is 1. The van der Waals surface area contributed by atoms with Crippen LogP contribution in [0.15, 0.2) is 59.6 Å². The van der Waals surface area contributed by atoms with Crippen molar-refractivity contribution in [2.75, 3.05) is 11.9 Å². The number of para-hydroxylation sites is 1. The molecule has 7 nitrogen and oxygen atoms in total. The topological polar surface area (TPSA) is 105 Å². The number of rotatable bonds is 8. The van der Waals surface area contributed by atoms with E-state index in [2.05, 4.69) is 10.3 Å². The molecule has 2 aromatic carbocycles. The van der Waals surface area contributed by atoms with Gasteiger partial charge >= 0.3 is 0 Å². The van der Waals surface area contributed by atoms with E-state index in [0.29, 0.717) is 29.3 Å². The van der Waals surface area contributed by atoms with Gasteiger partial charge < -0.3 is 10.2 Å². The summed E-state index contributed by atoms with van der Waals surface area (Å²) in [6, 6.07) is 15.7. The number of carbonyl (C=O) groups excluding carboxylic acids is 3. The predicted molar refractivity (Wildman–Crippen MR) is 142 cm³/mol. The van der Waals surface area contributed by atoms with Crippen LogP contribution in [-0.2, 0) is 14.4 Å². The fourth-order valence-corrected chi connectivity index (χ4v) is 5.33. The highest BCUT2D eigenvalue weighted by molar-refractivity contribution is 6.26. The molecule has 0 saturated heterocycles. The smallest absolute Gasteiger partial charge is 0.277 e. The average Bonchev–Trinajstić information content (AvgIpc) is 2.99. The summed E-state index contributed by atoms with van der Waals surface area (Å²) >= 11 is 0. The van der Waals surface area contributed by atoms with Gasteiger partial charge in [-0.3, -0.25) is 20.1 Å². The van der Waals surface area contributed by atoms with Crippen LogP contribution in [0.4, 0.5) is 5.69 Å². The van der Waals surface area contributed by atoms with Gasteiger partial charge in [0.15, 0.2) is 0 Å². The molecule has 2 amide bonds. The van der Waals surface area contributed by atoms with Crippen LogP contribution in [0.1, 0.15) is 69.4 Å². The Balaban J connectivity index is 1.54. The first kappa shape index (κ1) is 25.8. The summed E-state index contributed by atoms with van der Waals surface area (Å²) in [6.45, 7) is 1.57. The Morgan fingerprint density at radius 3 is 2.47 bits per heavy atom. The number of benzodiazepines with no additional fused rings is 1. The molecule has 190 valence electrons. The molecule has 2 aromatic rings. The number of anilines is 1. The quantitative estimate of drug-likeness (QED) is 0.548. The van der Waals surface area contributed by atoms with Crippen molar-refractivity contribution < 1.29 is 14.4 Å². The number of hydrogen-bond acceptors (Lipinski definition) is 5. The van der Waals surface area contributed by atoms with Crippen LogP contribution >= 0.6 is 0 Å². The molecular weight excluding hydrogens is 452 g/mol. The Hall–Kier alpha value is -3.32. The minimum atomic E-state index is -2.17. The first-order chi connectivity index (χ1) is 17.3. The summed E-state index contributed by atoms with van der Waals surface area (Å²) in [4.78, 5) is 45.8. The molecule has 36 heavy (non-hydrogen) atoms. The van der Waals surface area contributed by atoms with Gasteiger partial charge in [0.1, 0.15) is 0 Å². The molecule has 3 N–H and O–H groups in total. The van der Waals surface area contributed by atoms with E-state index in [9.17, 15) is 14.4 Å². The molecule has 0 aromatic heterocycles. The van der Waals surface area contributed by atoms with Gasteiger partial charge in [0.2, 0.25) is 17.4 Å². The lowest BCUT2D eigenvalue weighted by molar-refractivity contribution is -0.136. The molecule has 0 radical (unpaired) electrons. The number of carbonyl (C=O) groups is 3. The molecule has 7 heteroatoms. The molecule has 0 bridgehead atoms. The summed E-state index contributed by atoms with van der Waals surface area (Å²) in [6.07, 6.45) is 8.52. The SMILES string of the molecule is C[C@H](NC(=O)CCCC1CCCCC1)C(=O)C1(N)N=C(c2ccccc2)c2ccccc2N(C)C1=O. The second-order valence-electron chi connectivity index (χ2n) is 10.0. The predicted octanol–water partition coefficient (Wildman–Crippen LogP) is 3.98. The van der Waals surface area contributed by atoms with Gasteiger partial charge in [-0.2, -0.15) is 0 Å². The number of aliphatic imine (C=N–C) groups is 1. The largest absolute Gasteiger partial charge is 0.346 e. The molecule has 4 rings (SSSR count). The highest BCUT2D eigenvalue weighted by Crippen LogP contribution is 2.31. The zero-order valence-electron chi connectivity index (χ0n) is 21.2. The third-order valence-electron chi connectivity index (χ3n) is 7.37.